The molecular weight excluding hydrogens is 880 g/mol. The first kappa shape index (κ1) is 46.3. The zero-order valence-electron chi connectivity index (χ0n) is 37.2. The van der Waals surface area contributed by atoms with Gasteiger partial charge in [-0.2, -0.15) is 0 Å². The van der Waals surface area contributed by atoms with E-state index in [1.54, 1.807) is 33.3 Å². The molecule has 1 fully saturated rings. The lowest BCUT2D eigenvalue weighted by Crippen LogP contribution is -2.52. The fourth-order valence-corrected chi connectivity index (χ4v) is 8.62. The highest BCUT2D eigenvalue weighted by atomic mass is 35.5. The van der Waals surface area contributed by atoms with E-state index in [-0.39, 0.29) is 17.7 Å². The van der Waals surface area contributed by atoms with Gasteiger partial charge in [0, 0.05) is 73.4 Å². The summed E-state index contributed by atoms with van der Waals surface area (Å²) in [5.74, 6) is 6.99. The van der Waals surface area contributed by atoms with Gasteiger partial charge in [0.15, 0.2) is 33.6 Å². The third-order valence-corrected chi connectivity index (χ3v) is 12.5. The van der Waals surface area contributed by atoms with Crippen molar-refractivity contribution in [1.29, 1.82) is 0 Å². The summed E-state index contributed by atoms with van der Waals surface area (Å²) in [6.45, 7) is 10.3. The molecule has 4 N–H and O–H groups in total. The SMILES string of the molecule is CCCSc1nc(NCCN)c2nnn(Cc3ccc(-c4cn(CCOCCNC(=O)C#Cc5ccc6c(c5)OC5(CCN(C(=O)C(c7ccc(Cl)cc7)C(C)C)CC5)O6)nn4)cc3)c2n1. The van der Waals surface area contributed by atoms with E-state index in [1.165, 1.54) is 0 Å². The Balaban J connectivity index is 0.750. The van der Waals surface area contributed by atoms with Crippen LogP contribution in [0.1, 0.15) is 62.6 Å². The molecule has 1 spiro atoms. The van der Waals surface area contributed by atoms with Crippen molar-refractivity contribution in [1.82, 2.24) is 50.2 Å². The summed E-state index contributed by atoms with van der Waals surface area (Å²) in [5, 5.41) is 24.7. The van der Waals surface area contributed by atoms with Crippen molar-refractivity contribution in [2.24, 2.45) is 11.7 Å². The lowest BCUT2D eigenvalue weighted by Gasteiger charge is -2.39. The quantitative estimate of drug-likeness (QED) is 0.0406. The molecule has 0 radical (unpaired) electrons. The number of nitrogens with zero attached hydrogens (tertiary/aromatic N) is 9. The van der Waals surface area contributed by atoms with Gasteiger partial charge in [-0.25, -0.2) is 19.3 Å². The Hall–Kier alpha value is -6.26. The molecule has 1 atom stereocenters. The van der Waals surface area contributed by atoms with Crippen LogP contribution in [0.2, 0.25) is 5.02 Å². The van der Waals surface area contributed by atoms with Gasteiger partial charge in [0.05, 0.1) is 38.4 Å². The minimum absolute atomic E-state index is 0.0927. The number of nitrogens with one attached hydrogen (secondary N) is 2. The van der Waals surface area contributed by atoms with E-state index < -0.39 is 11.7 Å². The molecular formula is C47H53ClN12O5S. The van der Waals surface area contributed by atoms with E-state index in [0.717, 1.165) is 34.6 Å². The Morgan fingerprint density at radius 1 is 0.970 bits per heavy atom. The van der Waals surface area contributed by atoms with Crippen LogP contribution in [0.5, 0.6) is 11.5 Å². The van der Waals surface area contributed by atoms with E-state index in [2.05, 4.69) is 68.9 Å². The zero-order chi connectivity index (χ0) is 46.0. The van der Waals surface area contributed by atoms with E-state index in [9.17, 15) is 9.59 Å². The molecule has 0 aliphatic carbocycles. The number of fused-ring (bicyclic) bond motifs is 2. The molecule has 5 heterocycles. The molecule has 6 aromatic rings. The second-order valence-corrected chi connectivity index (χ2v) is 17.9. The summed E-state index contributed by atoms with van der Waals surface area (Å²) < 4.78 is 21.9. The number of hydrogen-bond donors (Lipinski definition) is 3. The van der Waals surface area contributed by atoms with Gasteiger partial charge in [-0.05, 0) is 53.8 Å². The average Bonchev–Trinajstić information content (AvgIpc) is 4.06. The van der Waals surface area contributed by atoms with Gasteiger partial charge < -0.3 is 35.5 Å². The number of thioether (sulfide) groups is 1. The Morgan fingerprint density at radius 2 is 1.76 bits per heavy atom. The van der Waals surface area contributed by atoms with Gasteiger partial charge in [-0.1, -0.05) is 96.9 Å². The number of piperidine rings is 1. The number of likely N-dealkylation sites (tertiary alicyclic amines) is 1. The molecule has 2 aliphatic heterocycles. The summed E-state index contributed by atoms with van der Waals surface area (Å²) in [4.78, 5) is 37.5. The van der Waals surface area contributed by atoms with Crippen LogP contribution in [0.4, 0.5) is 5.82 Å². The van der Waals surface area contributed by atoms with Crippen molar-refractivity contribution in [3.05, 3.63) is 94.6 Å². The maximum Gasteiger partial charge on any atom is 0.296 e. The number of anilines is 1. The van der Waals surface area contributed by atoms with Crippen LogP contribution in [0.3, 0.4) is 0 Å². The maximum absolute atomic E-state index is 13.7. The number of benzene rings is 3. The Kier molecular flexibility index (Phi) is 15.0. The lowest BCUT2D eigenvalue weighted by atomic mass is 9.86. The Bertz CT molecular complexity index is 2690. The van der Waals surface area contributed by atoms with Crippen LogP contribution in [-0.4, -0.2) is 114 Å². The summed E-state index contributed by atoms with van der Waals surface area (Å²) in [7, 11) is 0. The molecule has 3 aromatic carbocycles. The summed E-state index contributed by atoms with van der Waals surface area (Å²) in [6.07, 6.45) is 3.93. The molecule has 0 bridgehead atoms. The molecule has 66 heavy (non-hydrogen) atoms. The smallest absolute Gasteiger partial charge is 0.296 e. The van der Waals surface area contributed by atoms with Gasteiger partial charge in [0.1, 0.15) is 5.69 Å². The van der Waals surface area contributed by atoms with Gasteiger partial charge >= 0.3 is 0 Å². The van der Waals surface area contributed by atoms with E-state index in [0.29, 0.717) is 116 Å². The van der Waals surface area contributed by atoms with Crippen molar-refractivity contribution >= 4 is 52.2 Å². The Morgan fingerprint density at radius 3 is 2.52 bits per heavy atom. The summed E-state index contributed by atoms with van der Waals surface area (Å²) >= 11 is 7.71. The molecule has 1 saturated heterocycles. The predicted octanol–water partition coefficient (Wildman–Crippen LogP) is 5.77. The minimum Gasteiger partial charge on any atom is -0.448 e. The first-order valence-corrected chi connectivity index (χ1v) is 23.6. The lowest BCUT2D eigenvalue weighted by molar-refractivity contribution is -0.148. The largest absolute Gasteiger partial charge is 0.448 e. The van der Waals surface area contributed by atoms with Crippen LogP contribution in [0, 0.1) is 17.8 Å². The van der Waals surface area contributed by atoms with Crippen molar-refractivity contribution in [2.45, 2.75) is 70.0 Å². The number of nitrogens with two attached hydrogens (primary N) is 1. The van der Waals surface area contributed by atoms with Crippen LogP contribution >= 0.6 is 23.4 Å². The van der Waals surface area contributed by atoms with Gasteiger partial charge in [-0.3, -0.25) is 9.59 Å². The molecule has 1 unspecified atom stereocenters. The molecule has 0 saturated carbocycles. The Labute approximate surface area is 392 Å². The normalized spacial score (nSPS) is 14.4. The number of amides is 2. The standard InChI is InChI=1S/C47H53ClN12O5S/c1-4-27-66-46-52-43(51-20-19-49)42-44(53-46)60(57-55-42)29-33-5-9-34(10-6-33)37-30-59(56-54-37)24-26-63-25-21-50-40(61)16-8-32-7-15-38-39(28-32)65-47(64-38)17-22-58(23-18-47)45(62)41(31(2)3)35-11-13-36(48)14-12-35/h5-7,9-15,28,30-31,41H,4,17-27,29,49H2,1-3H3,(H,50,61)(H,51,52,53). The van der Waals surface area contributed by atoms with Crippen LogP contribution < -0.4 is 25.8 Å². The summed E-state index contributed by atoms with van der Waals surface area (Å²) in [5.41, 5.74) is 11.3. The highest BCUT2D eigenvalue weighted by Crippen LogP contribution is 2.44. The molecule has 19 heteroatoms. The van der Waals surface area contributed by atoms with E-state index in [1.807, 2.05) is 65.7 Å². The second kappa shape index (κ2) is 21.4. The van der Waals surface area contributed by atoms with Crippen LogP contribution in [0.25, 0.3) is 22.4 Å². The summed E-state index contributed by atoms with van der Waals surface area (Å²) in [6, 6.07) is 21.0. The monoisotopic (exact) mass is 932 g/mol. The number of hydrogen-bond acceptors (Lipinski definition) is 14. The maximum atomic E-state index is 13.7. The molecule has 17 nitrogen and oxygen atoms in total. The number of aromatic nitrogens is 8. The first-order valence-electron chi connectivity index (χ1n) is 22.2. The van der Waals surface area contributed by atoms with Crippen LogP contribution in [-0.2, 0) is 27.4 Å². The van der Waals surface area contributed by atoms with Crippen molar-refractivity contribution in [3.8, 4) is 34.6 Å². The minimum atomic E-state index is -0.848. The fraction of sp³-hybridized carbons (Fsp3) is 0.404. The highest BCUT2D eigenvalue weighted by molar-refractivity contribution is 7.99. The zero-order valence-corrected chi connectivity index (χ0v) is 38.8. The fourth-order valence-electron chi connectivity index (χ4n) is 7.80. The topological polar surface area (TPSA) is 202 Å². The van der Waals surface area contributed by atoms with Gasteiger partial charge in [-0.15, -0.1) is 10.2 Å². The van der Waals surface area contributed by atoms with Gasteiger partial charge in [0.2, 0.25) is 5.91 Å². The molecule has 2 aliphatic rings. The van der Waals surface area contributed by atoms with Gasteiger partial charge in [0.25, 0.3) is 11.7 Å². The average molecular weight is 934 g/mol. The van der Waals surface area contributed by atoms with E-state index in [4.69, 9.17) is 36.5 Å². The van der Waals surface area contributed by atoms with Crippen LogP contribution in [0.15, 0.2) is 78.1 Å². The first-order chi connectivity index (χ1) is 32.1. The number of carbonyl (C=O) groups excluding carboxylic acids is 2. The number of carbonyl (C=O) groups is 2. The molecule has 344 valence electrons. The van der Waals surface area contributed by atoms with Crippen molar-refractivity contribution in [2.75, 3.05) is 57.0 Å². The second-order valence-electron chi connectivity index (χ2n) is 16.4. The number of halogens is 1. The molecule has 2 amide bonds. The highest BCUT2D eigenvalue weighted by Gasteiger charge is 2.46. The predicted molar refractivity (Wildman–Crippen MR) is 252 cm³/mol. The number of rotatable bonds is 18. The third-order valence-electron chi connectivity index (χ3n) is 11.2. The number of ether oxygens (including phenoxy) is 3. The molecule has 3 aromatic heterocycles. The third kappa shape index (κ3) is 11.2. The molecule has 8 rings (SSSR count). The van der Waals surface area contributed by atoms with Crippen molar-refractivity contribution in [3.63, 3.8) is 0 Å². The van der Waals surface area contributed by atoms with Crippen molar-refractivity contribution < 1.29 is 23.8 Å². The van der Waals surface area contributed by atoms with E-state index >= 15 is 0 Å².